The number of amides is 2. The van der Waals surface area contributed by atoms with E-state index in [1.165, 1.54) is 11.3 Å². The van der Waals surface area contributed by atoms with E-state index in [4.69, 9.17) is 0 Å². The number of benzene rings is 1. The van der Waals surface area contributed by atoms with E-state index in [-0.39, 0.29) is 23.6 Å². The number of hydrogen-bond donors (Lipinski definition) is 1. The molecule has 1 atom stereocenters. The number of carbonyl (C=O) groups excluding carboxylic acids is 2. The number of carbonyl (C=O) groups is 2. The molecule has 0 bridgehead atoms. The molecule has 0 spiro atoms. The van der Waals surface area contributed by atoms with Gasteiger partial charge in [-0.05, 0) is 47.8 Å². The maximum Gasteiger partial charge on any atom is 0.276 e. The van der Waals surface area contributed by atoms with E-state index in [9.17, 15) is 9.59 Å². The van der Waals surface area contributed by atoms with E-state index >= 15 is 0 Å². The molecule has 1 aromatic carbocycles. The largest absolute Gasteiger partial charge is 0.351 e. The fraction of sp³-hybridized carbons (Fsp3) is 0.364. The minimum Gasteiger partial charge on any atom is -0.351 e. The predicted molar refractivity (Wildman–Crippen MR) is 119 cm³/mol. The van der Waals surface area contributed by atoms with Gasteiger partial charge >= 0.3 is 0 Å². The van der Waals surface area contributed by atoms with Crippen LogP contribution in [-0.2, 0) is 11.2 Å². The maximum absolute atomic E-state index is 13.4. The molecule has 0 radical (unpaired) electrons. The lowest BCUT2D eigenvalue weighted by Gasteiger charge is -2.31. The number of aromatic nitrogens is 2. The highest BCUT2D eigenvalue weighted by Crippen LogP contribution is 2.29. The minimum absolute atomic E-state index is 0.117. The highest BCUT2D eigenvalue weighted by atomic mass is 32.1. The molecule has 1 saturated carbocycles. The van der Waals surface area contributed by atoms with E-state index in [2.05, 4.69) is 14.9 Å². The van der Waals surface area contributed by atoms with E-state index in [0.717, 1.165) is 47.7 Å². The first-order valence-electron chi connectivity index (χ1n) is 10.2. The molecule has 0 aliphatic heterocycles. The molecule has 8 heteroatoms. The molecule has 30 heavy (non-hydrogen) atoms. The zero-order valence-electron chi connectivity index (χ0n) is 16.6. The van der Waals surface area contributed by atoms with E-state index in [0.29, 0.717) is 13.0 Å². The minimum atomic E-state index is -0.677. The zero-order chi connectivity index (χ0) is 20.8. The van der Waals surface area contributed by atoms with Crippen molar-refractivity contribution in [1.29, 1.82) is 0 Å². The van der Waals surface area contributed by atoms with Crippen LogP contribution in [0.25, 0.3) is 0 Å². The molecule has 3 aromatic rings. The standard InChI is InChI=1S/C22H24N4O2S2/c27-21(23-17-9-4-5-10-17)20(19-11-6-14-29-19)26(22(28)18-15-30-25-24-18)13-12-16-7-2-1-3-8-16/h1-3,6-8,11,14-15,17,20H,4-5,9-10,12-13H2,(H,23,27). The first-order chi connectivity index (χ1) is 14.7. The van der Waals surface area contributed by atoms with Gasteiger partial charge in [0.05, 0.1) is 0 Å². The normalized spacial score (nSPS) is 15.1. The molecule has 1 fully saturated rings. The van der Waals surface area contributed by atoms with Crippen molar-refractivity contribution in [3.63, 3.8) is 0 Å². The van der Waals surface area contributed by atoms with Gasteiger partial charge in [-0.1, -0.05) is 53.7 Å². The Balaban J connectivity index is 1.62. The molecule has 0 saturated heterocycles. The summed E-state index contributed by atoms with van der Waals surface area (Å²) in [5, 5.41) is 10.7. The highest BCUT2D eigenvalue weighted by molar-refractivity contribution is 7.10. The molecule has 2 heterocycles. The molecule has 1 N–H and O–H groups in total. The van der Waals surface area contributed by atoms with E-state index in [1.54, 1.807) is 10.3 Å². The van der Waals surface area contributed by atoms with Gasteiger partial charge in [-0.15, -0.1) is 16.4 Å². The molecule has 4 rings (SSSR count). The fourth-order valence-electron chi connectivity index (χ4n) is 3.87. The van der Waals surface area contributed by atoms with Gasteiger partial charge < -0.3 is 10.2 Å². The monoisotopic (exact) mass is 440 g/mol. The Morgan fingerprint density at radius 3 is 2.60 bits per heavy atom. The quantitative estimate of drug-likeness (QED) is 0.573. The Morgan fingerprint density at radius 1 is 1.13 bits per heavy atom. The number of rotatable bonds is 8. The van der Waals surface area contributed by atoms with Crippen LogP contribution in [0.4, 0.5) is 0 Å². The molecule has 1 unspecified atom stereocenters. The first-order valence-corrected chi connectivity index (χ1v) is 11.9. The van der Waals surface area contributed by atoms with Crippen molar-refractivity contribution in [2.24, 2.45) is 0 Å². The lowest BCUT2D eigenvalue weighted by Crippen LogP contribution is -2.46. The van der Waals surface area contributed by atoms with Crippen molar-refractivity contribution in [1.82, 2.24) is 19.8 Å². The summed E-state index contributed by atoms with van der Waals surface area (Å²) in [6.07, 6.45) is 4.92. The molecule has 2 amide bonds. The van der Waals surface area contributed by atoms with Crippen LogP contribution in [0.2, 0.25) is 0 Å². The summed E-state index contributed by atoms with van der Waals surface area (Å²) in [5.74, 6) is -0.381. The summed E-state index contributed by atoms with van der Waals surface area (Å²) in [6, 6.07) is 13.3. The Morgan fingerprint density at radius 2 is 1.93 bits per heavy atom. The van der Waals surface area contributed by atoms with Crippen molar-refractivity contribution < 1.29 is 9.59 Å². The zero-order valence-corrected chi connectivity index (χ0v) is 18.2. The molecular formula is C22H24N4O2S2. The van der Waals surface area contributed by atoms with Crippen LogP contribution in [0, 0.1) is 0 Å². The van der Waals surface area contributed by atoms with Crippen molar-refractivity contribution in [3.05, 3.63) is 69.4 Å². The van der Waals surface area contributed by atoms with Gasteiger partial charge in [0.2, 0.25) is 5.91 Å². The summed E-state index contributed by atoms with van der Waals surface area (Å²) < 4.78 is 3.84. The average molecular weight is 441 g/mol. The van der Waals surface area contributed by atoms with Gasteiger partial charge in [-0.25, -0.2) is 0 Å². The second-order valence-corrected chi connectivity index (χ2v) is 9.02. The van der Waals surface area contributed by atoms with Crippen molar-refractivity contribution in [2.75, 3.05) is 6.54 Å². The fourth-order valence-corrected chi connectivity index (χ4v) is 5.13. The number of nitrogens with zero attached hydrogens (tertiary/aromatic N) is 3. The Bertz CT molecular complexity index is 939. The second-order valence-electron chi connectivity index (χ2n) is 7.43. The summed E-state index contributed by atoms with van der Waals surface area (Å²) >= 11 is 2.63. The third kappa shape index (κ3) is 4.94. The van der Waals surface area contributed by atoms with E-state index < -0.39 is 6.04 Å². The van der Waals surface area contributed by atoms with Gasteiger partial charge in [0.15, 0.2) is 5.69 Å². The lowest BCUT2D eigenvalue weighted by atomic mass is 10.1. The van der Waals surface area contributed by atoms with Gasteiger partial charge in [0.1, 0.15) is 6.04 Å². The van der Waals surface area contributed by atoms with E-state index in [1.807, 2.05) is 47.8 Å². The van der Waals surface area contributed by atoms with Crippen LogP contribution in [-0.4, -0.2) is 38.9 Å². The Hall–Kier alpha value is -2.58. The molecule has 156 valence electrons. The second kappa shape index (κ2) is 9.95. The summed E-state index contributed by atoms with van der Waals surface area (Å²) in [4.78, 5) is 29.3. The first kappa shape index (κ1) is 20.7. The summed E-state index contributed by atoms with van der Waals surface area (Å²) in [5.41, 5.74) is 1.40. The van der Waals surface area contributed by atoms with Gasteiger partial charge in [-0.3, -0.25) is 9.59 Å². The Labute approximate surface area is 184 Å². The van der Waals surface area contributed by atoms with Gasteiger partial charge in [0, 0.05) is 22.8 Å². The van der Waals surface area contributed by atoms with Gasteiger partial charge in [0.25, 0.3) is 5.91 Å². The smallest absolute Gasteiger partial charge is 0.276 e. The molecule has 1 aliphatic carbocycles. The Kier molecular flexibility index (Phi) is 6.86. The molecule has 1 aliphatic rings. The SMILES string of the molecule is O=C(NC1CCCC1)C(c1cccs1)N(CCc1ccccc1)C(=O)c1csnn1. The number of hydrogen-bond acceptors (Lipinski definition) is 6. The number of thiophene rings is 1. The third-order valence-electron chi connectivity index (χ3n) is 5.40. The lowest BCUT2D eigenvalue weighted by molar-refractivity contribution is -0.126. The van der Waals surface area contributed by atoms with Crippen LogP contribution in [0.15, 0.2) is 53.2 Å². The van der Waals surface area contributed by atoms with Crippen LogP contribution in [0.1, 0.15) is 52.7 Å². The highest BCUT2D eigenvalue weighted by Gasteiger charge is 2.34. The van der Waals surface area contributed by atoms with Crippen LogP contribution < -0.4 is 5.32 Å². The van der Waals surface area contributed by atoms with Crippen molar-refractivity contribution >= 4 is 34.7 Å². The van der Waals surface area contributed by atoms with Crippen LogP contribution >= 0.6 is 22.9 Å². The summed E-state index contributed by atoms with van der Waals surface area (Å²) in [6.45, 7) is 0.418. The molecular weight excluding hydrogens is 416 g/mol. The summed E-state index contributed by atoms with van der Waals surface area (Å²) in [7, 11) is 0. The number of nitrogens with one attached hydrogen (secondary N) is 1. The third-order valence-corrected chi connectivity index (χ3v) is 6.83. The van der Waals surface area contributed by atoms with Gasteiger partial charge in [-0.2, -0.15) is 0 Å². The van der Waals surface area contributed by atoms with Crippen molar-refractivity contribution in [2.45, 2.75) is 44.2 Å². The van der Waals surface area contributed by atoms with Crippen molar-refractivity contribution in [3.8, 4) is 0 Å². The molecule has 2 aromatic heterocycles. The average Bonchev–Trinajstić information content (AvgIpc) is 3.55. The topological polar surface area (TPSA) is 75.2 Å². The molecule has 6 nitrogen and oxygen atoms in total. The van der Waals surface area contributed by atoms with Crippen LogP contribution in [0.5, 0.6) is 0 Å². The van der Waals surface area contributed by atoms with Crippen LogP contribution in [0.3, 0.4) is 0 Å². The predicted octanol–water partition coefficient (Wildman–Crippen LogP) is 4.08. The maximum atomic E-state index is 13.4.